The Bertz CT molecular complexity index is 229. The van der Waals surface area contributed by atoms with Gasteiger partial charge in [0, 0.05) is 12.6 Å². The Hall–Kier alpha value is -0.610. The highest BCUT2D eigenvalue weighted by atomic mass is 16.1. The highest BCUT2D eigenvalue weighted by molar-refractivity contribution is 5.85. The van der Waals surface area contributed by atoms with E-state index in [1.165, 1.54) is 0 Å². The van der Waals surface area contributed by atoms with Crippen molar-refractivity contribution in [3.63, 3.8) is 0 Å². The maximum absolute atomic E-state index is 11.3. The monoisotopic (exact) mass is 199 g/mol. The number of nitrogens with two attached hydrogens (primary N) is 2. The van der Waals surface area contributed by atoms with Crippen LogP contribution in [0.5, 0.6) is 0 Å². The number of carbonyl (C=O) groups excluding carboxylic acids is 1. The summed E-state index contributed by atoms with van der Waals surface area (Å²) in [6.07, 6.45) is 1.60. The van der Waals surface area contributed by atoms with Crippen molar-refractivity contribution in [3.05, 3.63) is 0 Å². The quantitative estimate of drug-likeness (QED) is 0.667. The molecule has 1 fully saturated rings. The molecule has 1 aliphatic rings. The van der Waals surface area contributed by atoms with E-state index >= 15 is 0 Å². The molecule has 0 radical (unpaired) electrons. The van der Waals surface area contributed by atoms with Crippen LogP contribution in [0.25, 0.3) is 0 Å². The molecule has 4 heteroatoms. The van der Waals surface area contributed by atoms with Crippen LogP contribution in [-0.4, -0.2) is 36.0 Å². The lowest BCUT2D eigenvalue weighted by molar-refractivity contribution is -0.124. The van der Waals surface area contributed by atoms with Crippen LogP contribution in [0.15, 0.2) is 0 Å². The van der Waals surface area contributed by atoms with E-state index in [4.69, 9.17) is 11.5 Å². The fourth-order valence-electron chi connectivity index (χ4n) is 2.20. The van der Waals surface area contributed by atoms with Gasteiger partial charge in [0.1, 0.15) is 5.54 Å². The Morgan fingerprint density at radius 3 is 2.64 bits per heavy atom. The van der Waals surface area contributed by atoms with Gasteiger partial charge < -0.3 is 16.4 Å². The van der Waals surface area contributed by atoms with Gasteiger partial charge in [-0.15, -0.1) is 0 Å². The van der Waals surface area contributed by atoms with Gasteiger partial charge in [0.05, 0.1) is 0 Å². The molecule has 14 heavy (non-hydrogen) atoms. The summed E-state index contributed by atoms with van der Waals surface area (Å²) in [5.74, 6) is 0.162. The number of primary amides is 1. The summed E-state index contributed by atoms with van der Waals surface area (Å²) in [6.45, 7) is 5.12. The zero-order chi connectivity index (χ0) is 10.9. The third-order valence-electron chi connectivity index (χ3n) is 3.16. The summed E-state index contributed by atoms with van der Waals surface area (Å²) in [4.78, 5) is 13.5. The fourth-order valence-corrected chi connectivity index (χ4v) is 2.20. The Morgan fingerprint density at radius 2 is 2.21 bits per heavy atom. The first-order chi connectivity index (χ1) is 6.38. The van der Waals surface area contributed by atoms with Crippen molar-refractivity contribution in [2.75, 3.05) is 13.6 Å². The summed E-state index contributed by atoms with van der Waals surface area (Å²) in [5, 5.41) is 0. The van der Waals surface area contributed by atoms with Crippen molar-refractivity contribution in [2.24, 2.45) is 17.4 Å². The molecule has 1 rings (SSSR count). The molecule has 2 unspecified atom stereocenters. The number of likely N-dealkylation sites (N-methyl/N-ethyl adjacent to an activating group) is 1. The molecule has 0 aromatic heterocycles. The molecule has 0 aromatic rings. The Labute approximate surface area is 85.6 Å². The van der Waals surface area contributed by atoms with Gasteiger partial charge in [0.15, 0.2) is 0 Å². The molecule has 2 atom stereocenters. The van der Waals surface area contributed by atoms with E-state index in [2.05, 4.69) is 18.7 Å². The fraction of sp³-hybridized carbons (Fsp3) is 0.900. The molecule has 0 bridgehead atoms. The molecule has 0 spiro atoms. The van der Waals surface area contributed by atoms with Crippen LogP contribution in [0.3, 0.4) is 0 Å². The van der Waals surface area contributed by atoms with Gasteiger partial charge in [0.25, 0.3) is 0 Å². The Balaban J connectivity index is 2.81. The van der Waals surface area contributed by atoms with E-state index in [1.54, 1.807) is 0 Å². The van der Waals surface area contributed by atoms with E-state index in [0.29, 0.717) is 12.3 Å². The number of likely N-dealkylation sites (tertiary alicyclic amines) is 1. The maximum Gasteiger partial charge on any atom is 0.239 e. The van der Waals surface area contributed by atoms with Gasteiger partial charge in [-0.05, 0) is 25.8 Å². The second kappa shape index (κ2) is 3.87. The van der Waals surface area contributed by atoms with Crippen LogP contribution in [0.4, 0.5) is 0 Å². The predicted octanol–water partition coefficient (Wildman–Crippen LogP) is -0.0806. The number of hydrogen-bond acceptors (Lipinski definition) is 3. The van der Waals surface area contributed by atoms with Crippen LogP contribution in [-0.2, 0) is 4.79 Å². The third kappa shape index (κ3) is 1.91. The first-order valence-electron chi connectivity index (χ1n) is 5.17. The van der Waals surface area contributed by atoms with Crippen molar-refractivity contribution < 1.29 is 4.79 Å². The topological polar surface area (TPSA) is 72.3 Å². The second-order valence-electron chi connectivity index (χ2n) is 4.78. The Kier molecular flexibility index (Phi) is 3.17. The molecule has 4 nitrogen and oxygen atoms in total. The number of rotatable bonds is 3. The average Bonchev–Trinajstić information content (AvgIpc) is 2.33. The smallest absolute Gasteiger partial charge is 0.239 e. The van der Waals surface area contributed by atoms with Crippen molar-refractivity contribution >= 4 is 5.91 Å². The molecular formula is C10H21N3O. The normalized spacial score (nSPS) is 33.9. The summed E-state index contributed by atoms with van der Waals surface area (Å²) in [6, 6.07) is 0.0972. The first kappa shape index (κ1) is 11.5. The van der Waals surface area contributed by atoms with E-state index in [1.807, 2.05) is 7.05 Å². The van der Waals surface area contributed by atoms with Crippen molar-refractivity contribution in [3.8, 4) is 0 Å². The molecule has 0 saturated carbocycles. The lowest BCUT2D eigenvalue weighted by atomic mass is 9.85. The average molecular weight is 199 g/mol. The number of nitrogens with zero attached hydrogens (tertiary/aromatic N) is 1. The van der Waals surface area contributed by atoms with E-state index < -0.39 is 5.54 Å². The van der Waals surface area contributed by atoms with Crippen LogP contribution >= 0.6 is 0 Å². The summed E-state index contributed by atoms with van der Waals surface area (Å²) in [5.41, 5.74) is 10.6. The molecule has 0 aromatic carbocycles. The van der Waals surface area contributed by atoms with Crippen molar-refractivity contribution in [1.29, 1.82) is 0 Å². The number of carbonyl (C=O) groups is 1. The van der Waals surface area contributed by atoms with Gasteiger partial charge in [-0.1, -0.05) is 13.8 Å². The summed E-state index contributed by atoms with van der Waals surface area (Å²) < 4.78 is 0. The molecule has 1 saturated heterocycles. The first-order valence-corrected chi connectivity index (χ1v) is 5.17. The summed E-state index contributed by atoms with van der Waals surface area (Å²) in [7, 11) is 2.00. The standard InChI is InChI=1S/C10H21N3O/c1-7(2)6-8-10(12,9(11)14)4-5-13(8)3/h7-8H,4-6,12H2,1-3H3,(H2,11,14). The zero-order valence-corrected chi connectivity index (χ0v) is 9.29. The Morgan fingerprint density at radius 1 is 1.64 bits per heavy atom. The zero-order valence-electron chi connectivity index (χ0n) is 9.29. The van der Waals surface area contributed by atoms with Crippen molar-refractivity contribution in [1.82, 2.24) is 4.90 Å². The molecule has 82 valence electrons. The minimum Gasteiger partial charge on any atom is -0.368 e. The molecule has 1 heterocycles. The third-order valence-corrected chi connectivity index (χ3v) is 3.16. The van der Waals surface area contributed by atoms with Gasteiger partial charge >= 0.3 is 0 Å². The molecule has 0 aliphatic carbocycles. The lowest BCUT2D eigenvalue weighted by Crippen LogP contribution is -2.59. The van der Waals surface area contributed by atoms with Crippen LogP contribution in [0.2, 0.25) is 0 Å². The van der Waals surface area contributed by atoms with Crippen LogP contribution < -0.4 is 11.5 Å². The molecule has 4 N–H and O–H groups in total. The van der Waals surface area contributed by atoms with E-state index in [9.17, 15) is 4.79 Å². The number of amides is 1. The largest absolute Gasteiger partial charge is 0.368 e. The molecular weight excluding hydrogens is 178 g/mol. The van der Waals surface area contributed by atoms with E-state index in [0.717, 1.165) is 13.0 Å². The second-order valence-corrected chi connectivity index (χ2v) is 4.78. The van der Waals surface area contributed by atoms with Gasteiger partial charge in [-0.3, -0.25) is 4.79 Å². The minimum atomic E-state index is -0.820. The van der Waals surface area contributed by atoms with Crippen LogP contribution in [0.1, 0.15) is 26.7 Å². The van der Waals surface area contributed by atoms with Crippen LogP contribution in [0, 0.1) is 5.92 Å². The number of hydrogen-bond donors (Lipinski definition) is 2. The van der Waals surface area contributed by atoms with Gasteiger partial charge in [-0.2, -0.15) is 0 Å². The predicted molar refractivity (Wildman–Crippen MR) is 56.6 cm³/mol. The highest BCUT2D eigenvalue weighted by Gasteiger charge is 2.47. The lowest BCUT2D eigenvalue weighted by Gasteiger charge is -2.32. The molecule has 1 aliphatic heterocycles. The van der Waals surface area contributed by atoms with Gasteiger partial charge in [0.2, 0.25) is 5.91 Å². The maximum atomic E-state index is 11.3. The van der Waals surface area contributed by atoms with Crippen molar-refractivity contribution in [2.45, 2.75) is 38.3 Å². The molecule has 1 amide bonds. The SMILES string of the molecule is CC(C)CC1N(C)CCC1(N)C(N)=O. The van der Waals surface area contributed by atoms with E-state index in [-0.39, 0.29) is 11.9 Å². The van der Waals surface area contributed by atoms with Gasteiger partial charge in [-0.25, -0.2) is 0 Å². The summed E-state index contributed by atoms with van der Waals surface area (Å²) >= 11 is 0. The minimum absolute atomic E-state index is 0.0972. The highest BCUT2D eigenvalue weighted by Crippen LogP contribution is 2.29.